The lowest BCUT2D eigenvalue weighted by atomic mass is 9.89. The van der Waals surface area contributed by atoms with Gasteiger partial charge in [-0.25, -0.2) is 0 Å². The van der Waals surface area contributed by atoms with Crippen LogP contribution >= 0.6 is 0 Å². The van der Waals surface area contributed by atoms with Crippen LogP contribution < -0.4 is 15.8 Å². The molecule has 0 aliphatic heterocycles. The first-order valence-electron chi connectivity index (χ1n) is 7.44. The zero-order valence-electron chi connectivity index (χ0n) is 12.3. The van der Waals surface area contributed by atoms with E-state index in [1.165, 1.54) is 12.8 Å². The van der Waals surface area contributed by atoms with Gasteiger partial charge in [0.2, 0.25) is 0 Å². The fourth-order valence-electron chi connectivity index (χ4n) is 2.61. The third kappa shape index (κ3) is 3.65. The first kappa shape index (κ1) is 14.7. The van der Waals surface area contributed by atoms with Gasteiger partial charge in [0, 0.05) is 18.3 Å². The molecule has 0 spiro atoms. The van der Waals surface area contributed by atoms with Crippen LogP contribution in [0.2, 0.25) is 0 Å². The number of rotatable bonds is 4. The molecule has 1 aromatic carbocycles. The second kappa shape index (κ2) is 6.64. The fourth-order valence-corrected chi connectivity index (χ4v) is 2.61. The third-order valence-corrected chi connectivity index (χ3v) is 3.84. The maximum Gasteiger partial charge on any atom is 0.255 e. The summed E-state index contributed by atoms with van der Waals surface area (Å²) in [6.45, 7) is 4.78. The molecule has 1 fully saturated rings. The lowest BCUT2D eigenvalue weighted by molar-refractivity contribution is 0.0940. The van der Waals surface area contributed by atoms with Crippen molar-refractivity contribution in [2.24, 2.45) is 5.92 Å². The van der Waals surface area contributed by atoms with Gasteiger partial charge >= 0.3 is 0 Å². The van der Waals surface area contributed by atoms with Crippen molar-refractivity contribution in [3.05, 3.63) is 23.8 Å². The molecule has 1 aliphatic carbocycles. The molecule has 0 bridgehead atoms. The minimum atomic E-state index is -0.105. The van der Waals surface area contributed by atoms with E-state index >= 15 is 0 Å². The fraction of sp³-hybridized carbons (Fsp3) is 0.562. The van der Waals surface area contributed by atoms with E-state index < -0.39 is 0 Å². The number of carbonyl (C=O) groups is 1. The Morgan fingerprint density at radius 1 is 1.35 bits per heavy atom. The van der Waals surface area contributed by atoms with E-state index in [4.69, 9.17) is 10.5 Å². The van der Waals surface area contributed by atoms with Crippen molar-refractivity contribution in [3.8, 4) is 5.75 Å². The van der Waals surface area contributed by atoms with Crippen LogP contribution in [0.25, 0.3) is 0 Å². The molecule has 1 amide bonds. The SMILES string of the molecule is CCNC(=O)c1ccc(N)cc1OC1CCC(C)CC1. The quantitative estimate of drug-likeness (QED) is 0.831. The summed E-state index contributed by atoms with van der Waals surface area (Å²) < 4.78 is 6.04. The molecule has 0 radical (unpaired) electrons. The third-order valence-electron chi connectivity index (χ3n) is 3.84. The van der Waals surface area contributed by atoms with Crippen LogP contribution in [-0.4, -0.2) is 18.6 Å². The van der Waals surface area contributed by atoms with E-state index in [2.05, 4.69) is 12.2 Å². The molecular weight excluding hydrogens is 252 g/mol. The number of nitrogen functional groups attached to an aromatic ring is 1. The topological polar surface area (TPSA) is 64.4 Å². The van der Waals surface area contributed by atoms with Crippen molar-refractivity contribution in [2.45, 2.75) is 45.6 Å². The number of amides is 1. The normalized spacial score (nSPS) is 22.3. The van der Waals surface area contributed by atoms with Crippen LogP contribution in [0, 0.1) is 5.92 Å². The van der Waals surface area contributed by atoms with Gasteiger partial charge < -0.3 is 15.8 Å². The summed E-state index contributed by atoms with van der Waals surface area (Å²) >= 11 is 0. The Kier molecular flexibility index (Phi) is 4.88. The molecule has 4 heteroatoms. The maximum absolute atomic E-state index is 12.0. The molecule has 0 unspecified atom stereocenters. The predicted molar refractivity (Wildman–Crippen MR) is 80.9 cm³/mol. The first-order chi connectivity index (χ1) is 9.60. The smallest absolute Gasteiger partial charge is 0.255 e. The highest BCUT2D eigenvalue weighted by atomic mass is 16.5. The van der Waals surface area contributed by atoms with E-state index in [9.17, 15) is 4.79 Å². The summed E-state index contributed by atoms with van der Waals surface area (Å²) in [5.74, 6) is 1.28. The zero-order chi connectivity index (χ0) is 14.5. The molecule has 20 heavy (non-hydrogen) atoms. The number of nitrogens with one attached hydrogen (secondary N) is 1. The van der Waals surface area contributed by atoms with E-state index in [0.717, 1.165) is 18.8 Å². The number of benzene rings is 1. The maximum atomic E-state index is 12.0. The first-order valence-corrected chi connectivity index (χ1v) is 7.44. The van der Waals surface area contributed by atoms with Crippen molar-refractivity contribution in [1.29, 1.82) is 0 Å². The summed E-state index contributed by atoms with van der Waals surface area (Å²) in [6, 6.07) is 5.23. The number of ether oxygens (including phenoxy) is 1. The Hall–Kier alpha value is -1.71. The number of carbonyl (C=O) groups excluding carboxylic acids is 1. The van der Waals surface area contributed by atoms with Gasteiger partial charge in [-0.15, -0.1) is 0 Å². The summed E-state index contributed by atoms with van der Waals surface area (Å²) in [6.07, 6.45) is 4.66. The number of nitrogens with two attached hydrogens (primary N) is 1. The molecule has 1 aliphatic rings. The van der Waals surface area contributed by atoms with Crippen molar-refractivity contribution in [1.82, 2.24) is 5.32 Å². The minimum Gasteiger partial charge on any atom is -0.490 e. The van der Waals surface area contributed by atoms with Gasteiger partial charge in [0.1, 0.15) is 5.75 Å². The zero-order valence-corrected chi connectivity index (χ0v) is 12.3. The van der Waals surface area contributed by atoms with E-state index in [1.807, 2.05) is 6.92 Å². The molecule has 1 aromatic rings. The second-order valence-corrected chi connectivity index (χ2v) is 5.61. The molecule has 4 nitrogen and oxygen atoms in total. The number of hydrogen-bond acceptors (Lipinski definition) is 3. The van der Waals surface area contributed by atoms with Gasteiger partial charge in [-0.3, -0.25) is 4.79 Å². The lowest BCUT2D eigenvalue weighted by Crippen LogP contribution is -2.26. The number of hydrogen-bond donors (Lipinski definition) is 2. The highest BCUT2D eigenvalue weighted by Crippen LogP contribution is 2.30. The lowest BCUT2D eigenvalue weighted by Gasteiger charge is -2.27. The van der Waals surface area contributed by atoms with Gasteiger partial charge in [0.25, 0.3) is 5.91 Å². The van der Waals surface area contributed by atoms with Gasteiger partial charge in [-0.1, -0.05) is 6.92 Å². The largest absolute Gasteiger partial charge is 0.490 e. The highest BCUT2D eigenvalue weighted by molar-refractivity contribution is 5.97. The Bertz CT molecular complexity index is 466. The molecular formula is C16H24N2O2. The Labute approximate surface area is 120 Å². The molecule has 0 saturated heterocycles. The predicted octanol–water partition coefficient (Wildman–Crippen LogP) is 2.98. The van der Waals surface area contributed by atoms with E-state index in [0.29, 0.717) is 23.5 Å². The average molecular weight is 276 g/mol. The second-order valence-electron chi connectivity index (χ2n) is 5.61. The van der Waals surface area contributed by atoms with Crippen molar-refractivity contribution < 1.29 is 9.53 Å². The van der Waals surface area contributed by atoms with E-state index in [1.54, 1.807) is 18.2 Å². The van der Waals surface area contributed by atoms with Gasteiger partial charge in [0.15, 0.2) is 0 Å². The summed E-state index contributed by atoms with van der Waals surface area (Å²) in [5.41, 5.74) is 7.01. The van der Waals surface area contributed by atoms with Crippen molar-refractivity contribution >= 4 is 11.6 Å². The molecule has 3 N–H and O–H groups in total. The highest BCUT2D eigenvalue weighted by Gasteiger charge is 2.21. The summed E-state index contributed by atoms with van der Waals surface area (Å²) in [4.78, 5) is 12.0. The Morgan fingerprint density at radius 2 is 2.05 bits per heavy atom. The molecule has 0 aromatic heterocycles. The molecule has 1 saturated carbocycles. The summed E-state index contributed by atoms with van der Waals surface area (Å²) in [7, 11) is 0. The van der Waals surface area contributed by atoms with Crippen molar-refractivity contribution in [3.63, 3.8) is 0 Å². The number of anilines is 1. The summed E-state index contributed by atoms with van der Waals surface area (Å²) in [5, 5.41) is 2.81. The van der Waals surface area contributed by atoms with Crippen LogP contribution in [0.1, 0.15) is 49.9 Å². The van der Waals surface area contributed by atoms with Crippen LogP contribution in [-0.2, 0) is 0 Å². The molecule has 0 atom stereocenters. The average Bonchev–Trinajstić information content (AvgIpc) is 2.42. The van der Waals surface area contributed by atoms with Crippen LogP contribution in [0.5, 0.6) is 5.75 Å². The standard InChI is InChI=1S/C16H24N2O2/c1-3-18-16(19)14-9-6-12(17)10-15(14)20-13-7-4-11(2)5-8-13/h6,9-11,13H,3-5,7-8,17H2,1-2H3,(H,18,19). The van der Waals surface area contributed by atoms with Gasteiger partial charge in [0.05, 0.1) is 11.7 Å². The van der Waals surface area contributed by atoms with Crippen molar-refractivity contribution in [2.75, 3.05) is 12.3 Å². The van der Waals surface area contributed by atoms with E-state index in [-0.39, 0.29) is 12.0 Å². The Morgan fingerprint density at radius 3 is 2.70 bits per heavy atom. The van der Waals surface area contributed by atoms with Gasteiger partial charge in [-0.2, -0.15) is 0 Å². The van der Waals surface area contributed by atoms with Crippen LogP contribution in [0.15, 0.2) is 18.2 Å². The van der Waals surface area contributed by atoms with Gasteiger partial charge in [-0.05, 0) is 50.7 Å². The monoisotopic (exact) mass is 276 g/mol. The minimum absolute atomic E-state index is 0.105. The molecule has 0 heterocycles. The molecule has 2 rings (SSSR count). The van der Waals surface area contributed by atoms with Crippen LogP contribution in [0.3, 0.4) is 0 Å². The molecule has 110 valence electrons. The Balaban J connectivity index is 2.12. The van der Waals surface area contributed by atoms with Crippen LogP contribution in [0.4, 0.5) is 5.69 Å².